The van der Waals surface area contributed by atoms with Crippen molar-refractivity contribution in [2.75, 3.05) is 0 Å². The smallest absolute Gasteiger partial charge is 0.234 e. The lowest BCUT2D eigenvalue weighted by Crippen LogP contribution is -1.83. The number of benzene rings is 1. The van der Waals surface area contributed by atoms with Crippen LogP contribution in [0.15, 0.2) is 30.3 Å². The summed E-state index contributed by atoms with van der Waals surface area (Å²) in [4.78, 5) is 0. The maximum absolute atomic E-state index is 5.53. The molecule has 1 aromatic carbocycles. The lowest BCUT2D eigenvalue weighted by atomic mass is 10.2. The van der Waals surface area contributed by atoms with E-state index in [0.717, 1.165) is 5.28 Å². The zero-order chi connectivity index (χ0) is 10.1. The Morgan fingerprint density at radius 3 is 1.85 bits per heavy atom. The van der Waals surface area contributed by atoms with Gasteiger partial charge in [0.05, 0.1) is 0 Å². The standard InChI is InChI=1S/C7H7Cl.C2H5.Al.2ClH/c8-6-7-4-2-1-3-5-7;1-2;;;/h1-5H,6H2;1H2,2H3;;2*1H/q;;+2;;/p-2. The van der Waals surface area contributed by atoms with Crippen molar-refractivity contribution in [2.24, 2.45) is 0 Å². The van der Waals surface area contributed by atoms with Gasteiger partial charge in [-0.05, 0) is 5.56 Å². The summed E-state index contributed by atoms with van der Waals surface area (Å²) in [6, 6.07) is 9.96. The summed E-state index contributed by atoms with van der Waals surface area (Å²) >= 11 is 4.32. The molecule has 0 atom stereocenters. The molecule has 0 amide bonds. The molecule has 0 aliphatic rings. The normalized spacial score (nSPS) is 8.62. The zero-order valence-electron chi connectivity index (χ0n) is 7.51. The van der Waals surface area contributed by atoms with E-state index in [1.165, 1.54) is 5.56 Å². The molecular weight excluding hydrogens is 241 g/mol. The molecule has 0 saturated carbocycles. The van der Waals surface area contributed by atoms with E-state index in [0.29, 0.717) is 5.88 Å². The maximum atomic E-state index is 5.53. The molecule has 0 bridgehead atoms. The van der Waals surface area contributed by atoms with Crippen LogP contribution < -0.4 is 0 Å². The molecule has 0 heterocycles. The highest BCUT2D eigenvalue weighted by Crippen LogP contribution is 2.00. The fourth-order valence-electron chi connectivity index (χ4n) is 0.567. The lowest BCUT2D eigenvalue weighted by Gasteiger charge is -1.88. The summed E-state index contributed by atoms with van der Waals surface area (Å²) < 4.78 is 0. The van der Waals surface area contributed by atoms with E-state index in [1.807, 2.05) is 37.3 Å². The fourth-order valence-corrected chi connectivity index (χ4v) is 0.745. The van der Waals surface area contributed by atoms with Gasteiger partial charge in [0, 0.05) is 5.88 Å². The second kappa shape index (κ2) is 9.19. The molecule has 4 heteroatoms. The van der Waals surface area contributed by atoms with Gasteiger partial charge in [-0.2, -0.15) is 0 Å². The summed E-state index contributed by atoms with van der Waals surface area (Å²) in [5, 5.41) is 0.975. The van der Waals surface area contributed by atoms with Crippen LogP contribution in [0.2, 0.25) is 5.28 Å². The van der Waals surface area contributed by atoms with E-state index in [4.69, 9.17) is 31.7 Å². The summed E-state index contributed by atoms with van der Waals surface area (Å²) in [5.74, 6) is 0.612. The highest BCUT2D eigenvalue weighted by atomic mass is 35.7. The van der Waals surface area contributed by atoms with E-state index in [1.54, 1.807) is 0 Å². The minimum Gasteiger partial charge on any atom is -0.234 e. The molecule has 72 valence electrons. The SMILES string of the molecule is C[CH2][Al]([Cl])[Cl].ClCc1ccccc1. The first-order valence-electron chi connectivity index (χ1n) is 4.08. The van der Waals surface area contributed by atoms with Crippen LogP contribution in [-0.4, -0.2) is 12.3 Å². The predicted octanol–water partition coefficient (Wildman–Crippen LogP) is 4.40. The third kappa shape index (κ3) is 8.94. The Bertz CT molecular complexity index is 201. The molecule has 0 N–H and O–H groups in total. The van der Waals surface area contributed by atoms with Gasteiger partial charge in [0.2, 0.25) is 0 Å². The fraction of sp³-hybridized carbons (Fsp3) is 0.333. The van der Waals surface area contributed by atoms with E-state index in [9.17, 15) is 0 Å². The van der Waals surface area contributed by atoms with Gasteiger partial charge in [-0.25, -0.2) is 20.1 Å². The summed E-state index contributed by atoms with van der Waals surface area (Å²) in [6.45, 7) is 2.00. The first-order valence-corrected chi connectivity index (χ1v) is 8.93. The van der Waals surface area contributed by atoms with Crippen LogP contribution in [0.3, 0.4) is 0 Å². The van der Waals surface area contributed by atoms with Crippen molar-refractivity contribution >= 4 is 44.0 Å². The van der Waals surface area contributed by atoms with Gasteiger partial charge in [-0.3, -0.25) is 0 Å². The predicted molar refractivity (Wildman–Crippen MR) is 63.9 cm³/mol. The minimum atomic E-state index is -1.21. The van der Waals surface area contributed by atoms with Crippen LogP contribution in [0.4, 0.5) is 0 Å². The molecule has 0 spiro atoms. The van der Waals surface area contributed by atoms with Gasteiger partial charge in [0.25, 0.3) is 0 Å². The van der Waals surface area contributed by atoms with Crippen molar-refractivity contribution in [2.45, 2.75) is 18.1 Å². The minimum absolute atomic E-state index is 0.612. The van der Waals surface area contributed by atoms with E-state index in [2.05, 4.69) is 0 Å². The van der Waals surface area contributed by atoms with Crippen molar-refractivity contribution in [3.8, 4) is 0 Å². The number of halogens is 3. The summed E-state index contributed by atoms with van der Waals surface area (Å²) in [7, 11) is 10.7. The van der Waals surface area contributed by atoms with Crippen LogP contribution in [0, 0.1) is 0 Å². The number of alkyl halides is 1. The van der Waals surface area contributed by atoms with Crippen molar-refractivity contribution in [3.63, 3.8) is 0 Å². The third-order valence-corrected chi connectivity index (χ3v) is 4.08. The second-order valence-corrected chi connectivity index (χ2v) is 8.12. The molecule has 0 unspecified atom stereocenters. The molecule has 1 aromatic rings. The highest BCUT2D eigenvalue weighted by Gasteiger charge is 2.03. The monoisotopic (exact) mass is 252 g/mol. The number of hydrogen-bond acceptors (Lipinski definition) is 0. The van der Waals surface area contributed by atoms with Crippen LogP contribution >= 0.6 is 31.7 Å². The van der Waals surface area contributed by atoms with Crippen molar-refractivity contribution in [1.82, 2.24) is 0 Å². The maximum Gasteiger partial charge on any atom is 0.519 e. The molecule has 13 heavy (non-hydrogen) atoms. The first-order chi connectivity index (χ1) is 6.20. The van der Waals surface area contributed by atoms with Crippen LogP contribution in [0.25, 0.3) is 0 Å². The average Bonchev–Trinajstić information content (AvgIpc) is 2.20. The summed E-state index contributed by atoms with van der Waals surface area (Å²) in [6.07, 6.45) is 0. The Balaban J connectivity index is 0.000000252. The molecule has 0 fully saturated rings. The average molecular weight is 254 g/mol. The van der Waals surface area contributed by atoms with Gasteiger partial charge in [-0.1, -0.05) is 42.5 Å². The van der Waals surface area contributed by atoms with Gasteiger partial charge >= 0.3 is 12.3 Å². The Morgan fingerprint density at radius 2 is 1.62 bits per heavy atom. The molecular formula is C9H12AlCl3. The van der Waals surface area contributed by atoms with Crippen molar-refractivity contribution in [3.05, 3.63) is 35.9 Å². The molecule has 0 aliphatic heterocycles. The van der Waals surface area contributed by atoms with Crippen LogP contribution in [0.1, 0.15) is 12.5 Å². The number of hydrogen-bond donors (Lipinski definition) is 0. The van der Waals surface area contributed by atoms with Crippen molar-refractivity contribution in [1.29, 1.82) is 0 Å². The quantitative estimate of drug-likeness (QED) is 0.541. The molecule has 0 saturated heterocycles. The Hall–Kier alpha value is 0.622. The Labute approximate surface area is 97.6 Å². The van der Waals surface area contributed by atoms with Gasteiger partial charge < -0.3 is 0 Å². The molecule has 0 aliphatic carbocycles. The van der Waals surface area contributed by atoms with E-state index < -0.39 is 12.3 Å². The lowest BCUT2D eigenvalue weighted by molar-refractivity contribution is 1.41. The highest BCUT2D eigenvalue weighted by molar-refractivity contribution is 7.33. The molecule has 1 rings (SSSR count). The molecule has 0 nitrogen and oxygen atoms in total. The van der Waals surface area contributed by atoms with Gasteiger partial charge in [0.15, 0.2) is 0 Å². The zero-order valence-corrected chi connectivity index (χ0v) is 10.9. The Kier molecular flexibility index (Phi) is 9.63. The largest absolute Gasteiger partial charge is 0.519 e. The second-order valence-electron chi connectivity index (χ2n) is 2.42. The molecule has 0 radical (unpaired) electrons. The van der Waals surface area contributed by atoms with Gasteiger partial charge in [0.1, 0.15) is 0 Å². The van der Waals surface area contributed by atoms with Crippen molar-refractivity contribution < 1.29 is 0 Å². The van der Waals surface area contributed by atoms with E-state index in [-0.39, 0.29) is 0 Å². The first kappa shape index (κ1) is 13.6. The Morgan fingerprint density at radius 1 is 1.15 bits per heavy atom. The third-order valence-electron chi connectivity index (χ3n) is 1.31. The topological polar surface area (TPSA) is 0 Å². The summed E-state index contributed by atoms with van der Waals surface area (Å²) in [5.41, 5.74) is 1.18. The van der Waals surface area contributed by atoms with Gasteiger partial charge in [-0.15, -0.1) is 11.6 Å². The van der Waals surface area contributed by atoms with E-state index >= 15 is 0 Å². The molecule has 0 aromatic heterocycles. The van der Waals surface area contributed by atoms with Crippen LogP contribution in [-0.2, 0) is 5.88 Å². The number of rotatable bonds is 2. The van der Waals surface area contributed by atoms with Crippen LogP contribution in [0.5, 0.6) is 0 Å².